The van der Waals surface area contributed by atoms with E-state index >= 15 is 0 Å². The van der Waals surface area contributed by atoms with Gasteiger partial charge in [-0.15, -0.1) is 0 Å². The van der Waals surface area contributed by atoms with Gasteiger partial charge in [0.2, 0.25) is 21.8 Å². The molecule has 1 aliphatic rings. The highest BCUT2D eigenvalue weighted by molar-refractivity contribution is 7.92. The Bertz CT molecular complexity index is 1180. The van der Waals surface area contributed by atoms with Gasteiger partial charge in [-0.05, 0) is 55.0 Å². The van der Waals surface area contributed by atoms with Crippen LogP contribution in [0.25, 0.3) is 0 Å². The van der Waals surface area contributed by atoms with E-state index in [0.29, 0.717) is 24.3 Å². The lowest BCUT2D eigenvalue weighted by atomic mass is 10.1. The molecule has 2 amide bonds. The van der Waals surface area contributed by atoms with Crippen molar-refractivity contribution < 1.29 is 22.7 Å². The maximum Gasteiger partial charge on any atom is 0.244 e. The Morgan fingerprint density at radius 3 is 2.41 bits per heavy atom. The molecule has 0 aliphatic heterocycles. The Balaban J connectivity index is 1.96. The van der Waals surface area contributed by atoms with Crippen molar-refractivity contribution in [1.82, 2.24) is 10.2 Å². The summed E-state index contributed by atoms with van der Waals surface area (Å²) in [4.78, 5) is 28.8. The second kappa shape index (κ2) is 12.9. The molecule has 0 radical (unpaired) electrons. The average molecular weight is 530 g/mol. The predicted molar refractivity (Wildman–Crippen MR) is 146 cm³/mol. The molecule has 0 aromatic heterocycles. The van der Waals surface area contributed by atoms with E-state index in [1.807, 2.05) is 50.2 Å². The van der Waals surface area contributed by atoms with E-state index in [9.17, 15) is 18.0 Å². The maximum atomic E-state index is 13.9. The van der Waals surface area contributed by atoms with Crippen molar-refractivity contribution in [2.24, 2.45) is 0 Å². The number of amides is 2. The number of hydrogen-bond donors (Lipinski definition) is 1. The van der Waals surface area contributed by atoms with Crippen LogP contribution < -0.4 is 14.4 Å². The zero-order chi connectivity index (χ0) is 27.0. The zero-order valence-corrected chi connectivity index (χ0v) is 23.1. The third kappa shape index (κ3) is 7.47. The van der Waals surface area contributed by atoms with E-state index < -0.39 is 28.5 Å². The van der Waals surface area contributed by atoms with Crippen LogP contribution in [0, 0.1) is 0 Å². The quantitative estimate of drug-likeness (QED) is 0.450. The Hall–Kier alpha value is -3.07. The minimum atomic E-state index is -3.77. The molecular formula is C28H39N3O5S. The molecule has 3 rings (SSSR count). The van der Waals surface area contributed by atoms with E-state index in [4.69, 9.17) is 4.74 Å². The summed E-state index contributed by atoms with van der Waals surface area (Å²) >= 11 is 0. The van der Waals surface area contributed by atoms with Gasteiger partial charge in [-0.2, -0.15) is 0 Å². The molecule has 0 heterocycles. The largest absolute Gasteiger partial charge is 0.497 e. The van der Waals surface area contributed by atoms with Crippen molar-refractivity contribution in [2.75, 3.05) is 24.2 Å². The van der Waals surface area contributed by atoms with Gasteiger partial charge in [-0.25, -0.2) is 8.42 Å². The Kier molecular flexibility index (Phi) is 9.97. The average Bonchev–Trinajstić information content (AvgIpc) is 3.39. The molecule has 1 fully saturated rings. The first-order valence-corrected chi connectivity index (χ1v) is 14.8. The predicted octanol–water partition coefficient (Wildman–Crippen LogP) is 3.89. The fourth-order valence-electron chi connectivity index (χ4n) is 4.90. The van der Waals surface area contributed by atoms with Crippen molar-refractivity contribution in [3.05, 3.63) is 59.7 Å². The number of nitrogens with one attached hydrogen (secondary N) is 1. The summed E-state index contributed by atoms with van der Waals surface area (Å²) in [5.41, 5.74) is 2.09. The van der Waals surface area contributed by atoms with Crippen LogP contribution in [-0.4, -0.2) is 57.1 Å². The molecule has 8 nitrogen and oxygen atoms in total. The van der Waals surface area contributed by atoms with Crippen molar-refractivity contribution >= 4 is 27.5 Å². The highest BCUT2D eigenvalue weighted by Crippen LogP contribution is 2.25. The first-order chi connectivity index (χ1) is 17.7. The van der Waals surface area contributed by atoms with Crippen LogP contribution >= 0.6 is 0 Å². The van der Waals surface area contributed by atoms with Crippen LogP contribution in [-0.2, 0) is 32.6 Å². The van der Waals surface area contributed by atoms with E-state index in [2.05, 4.69) is 5.32 Å². The minimum absolute atomic E-state index is 0.110. The molecule has 0 saturated heterocycles. The van der Waals surface area contributed by atoms with Gasteiger partial charge in [-0.3, -0.25) is 13.9 Å². The fraction of sp³-hybridized carbons (Fsp3) is 0.500. The zero-order valence-electron chi connectivity index (χ0n) is 22.3. The summed E-state index contributed by atoms with van der Waals surface area (Å²) in [5.74, 6) is 0.000994. The molecular weight excluding hydrogens is 490 g/mol. The van der Waals surface area contributed by atoms with Crippen molar-refractivity contribution in [3.63, 3.8) is 0 Å². The van der Waals surface area contributed by atoms with Gasteiger partial charge >= 0.3 is 0 Å². The molecule has 2 aromatic rings. The number of carbonyl (C=O) groups is 2. The molecule has 1 aliphatic carbocycles. The number of hydrogen-bond acceptors (Lipinski definition) is 5. The van der Waals surface area contributed by atoms with Crippen LogP contribution in [0.5, 0.6) is 5.75 Å². The summed E-state index contributed by atoms with van der Waals surface area (Å²) in [6.45, 7) is 3.56. The molecule has 0 spiro atoms. The van der Waals surface area contributed by atoms with Crippen LogP contribution in [0.3, 0.4) is 0 Å². The normalized spacial score (nSPS) is 14.7. The number of para-hydroxylation sites is 1. The number of ether oxygens (including phenoxy) is 1. The topological polar surface area (TPSA) is 96.0 Å². The van der Waals surface area contributed by atoms with Gasteiger partial charge in [0.15, 0.2) is 0 Å². The van der Waals surface area contributed by atoms with Crippen LogP contribution in [0.4, 0.5) is 5.69 Å². The second-order valence-electron chi connectivity index (χ2n) is 9.54. The molecule has 9 heteroatoms. The van der Waals surface area contributed by atoms with Gasteiger partial charge in [0.05, 0.1) is 19.1 Å². The van der Waals surface area contributed by atoms with Gasteiger partial charge in [-0.1, -0.05) is 57.0 Å². The Labute approximate surface area is 221 Å². The lowest BCUT2D eigenvalue weighted by molar-refractivity contribution is -0.140. The molecule has 1 unspecified atom stereocenters. The smallest absolute Gasteiger partial charge is 0.244 e. The summed E-state index contributed by atoms with van der Waals surface area (Å²) in [5, 5.41) is 3.12. The lowest BCUT2D eigenvalue weighted by Gasteiger charge is -2.33. The number of nitrogens with zero attached hydrogens (tertiary/aromatic N) is 2. The molecule has 202 valence electrons. The van der Waals surface area contributed by atoms with Crippen molar-refractivity contribution in [3.8, 4) is 5.75 Å². The molecule has 37 heavy (non-hydrogen) atoms. The third-order valence-corrected chi connectivity index (χ3v) is 8.02. The first kappa shape index (κ1) is 28.5. The highest BCUT2D eigenvalue weighted by Gasteiger charge is 2.33. The molecule has 1 atom stereocenters. The molecule has 2 aromatic carbocycles. The van der Waals surface area contributed by atoms with Crippen LogP contribution in [0.2, 0.25) is 0 Å². The number of aryl methyl sites for hydroxylation is 1. The Morgan fingerprint density at radius 2 is 1.78 bits per heavy atom. The van der Waals surface area contributed by atoms with Crippen molar-refractivity contribution in [1.29, 1.82) is 0 Å². The van der Waals surface area contributed by atoms with Crippen LogP contribution in [0.1, 0.15) is 57.1 Å². The summed E-state index contributed by atoms with van der Waals surface area (Å²) < 4.78 is 32.2. The lowest BCUT2D eigenvalue weighted by Crippen LogP contribution is -2.53. The SMILES string of the molecule is CCc1ccccc1N(CC(=O)N(Cc1cccc(OC)c1)C(CC)C(=O)NC1CCCC1)S(C)(=O)=O. The van der Waals surface area contributed by atoms with E-state index in [0.717, 1.165) is 47.4 Å². The van der Waals surface area contributed by atoms with Gasteiger partial charge in [0.1, 0.15) is 18.3 Å². The highest BCUT2D eigenvalue weighted by atomic mass is 32.2. The molecule has 0 bridgehead atoms. The number of carbonyl (C=O) groups excluding carboxylic acids is 2. The molecule has 1 saturated carbocycles. The van der Waals surface area contributed by atoms with Gasteiger partial charge in [0, 0.05) is 12.6 Å². The first-order valence-electron chi connectivity index (χ1n) is 13.0. The number of methoxy groups -OCH3 is 1. The fourth-order valence-corrected chi connectivity index (χ4v) is 5.78. The molecule has 1 N–H and O–H groups in total. The van der Waals surface area contributed by atoms with E-state index in [-0.39, 0.29) is 18.5 Å². The standard InChI is InChI=1S/C28H39N3O5S/c1-5-22-13-7-10-17-26(22)31(37(4,34)35)20-27(32)30(19-21-12-11-16-24(18-21)36-3)25(6-2)28(33)29-23-14-8-9-15-23/h7,10-13,16-18,23,25H,5-6,8-9,14-15,19-20H2,1-4H3,(H,29,33). The maximum absolute atomic E-state index is 13.9. The summed E-state index contributed by atoms with van der Waals surface area (Å²) in [6.07, 6.45) is 6.14. The summed E-state index contributed by atoms with van der Waals surface area (Å²) in [6, 6.07) is 13.9. The van der Waals surface area contributed by atoms with Gasteiger partial charge in [0.25, 0.3) is 0 Å². The van der Waals surface area contributed by atoms with E-state index in [1.165, 1.54) is 4.90 Å². The van der Waals surface area contributed by atoms with Crippen molar-refractivity contribution in [2.45, 2.75) is 71.0 Å². The summed E-state index contributed by atoms with van der Waals surface area (Å²) in [7, 11) is -2.20. The Morgan fingerprint density at radius 1 is 1.08 bits per heavy atom. The number of benzene rings is 2. The van der Waals surface area contributed by atoms with E-state index in [1.54, 1.807) is 19.2 Å². The monoisotopic (exact) mass is 529 g/mol. The third-order valence-electron chi connectivity index (χ3n) is 6.89. The minimum Gasteiger partial charge on any atom is -0.497 e. The second-order valence-corrected chi connectivity index (χ2v) is 11.4. The number of sulfonamides is 1. The number of rotatable bonds is 12. The number of anilines is 1. The van der Waals surface area contributed by atoms with Crippen LogP contribution in [0.15, 0.2) is 48.5 Å². The van der Waals surface area contributed by atoms with Gasteiger partial charge < -0.3 is 15.0 Å².